The summed E-state index contributed by atoms with van der Waals surface area (Å²) in [6.07, 6.45) is 0.996. The highest BCUT2D eigenvalue weighted by molar-refractivity contribution is 5.85. The number of hydrogen-bond donors (Lipinski definition) is 1. The Hall–Kier alpha value is -1.75. The van der Waals surface area contributed by atoms with Crippen molar-refractivity contribution in [3.05, 3.63) is 35.0 Å². The average Bonchev–Trinajstić information content (AvgIpc) is 2.62. The molecule has 0 aliphatic heterocycles. The molecule has 1 aromatic heterocycles. The van der Waals surface area contributed by atoms with Crippen molar-refractivity contribution in [1.29, 1.82) is 5.26 Å². The molecule has 1 N–H and O–H groups in total. The fourth-order valence-electron chi connectivity index (χ4n) is 1.71. The van der Waals surface area contributed by atoms with Gasteiger partial charge >= 0.3 is 0 Å². The van der Waals surface area contributed by atoms with Crippen LogP contribution in [0.5, 0.6) is 0 Å². The number of nitrogens with one attached hydrogen (secondary N) is 1. The lowest BCUT2D eigenvalue weighted by Gasteiger charge is -1.97. The zero-order valence-corrected chi connectivity index (χ0v) is 8.39. The van der Waals surface area contributed by atoms with E-state index < -0.39 is 0 Å². The van der Waals surface area contributed by atoms with Gasteiger partial charge in [-0.05, 0) is 31.0 Å². The molecule has 70 valence electrons. The van der Waals surface area contributed by atoms with Crippen LogP contribution >= 0.6 is 0 Å². The van der Waals surface area contributed by atoms with Gasteiger partial charge in [0.2, 0.25) is 0 Å². The fourth-order valence-corrected chi connectivity index (χ4v) is 1.71. The molecule has 2 aromatic rings. The maximum atomic E-state index is 8.88. The Kier molecular flexibility index (Phi) is 2.01. The first kappa shape index (κ1) is 8.83. The maximum absolute atomic E-state index is 8.88. The van der Waals surface area contributed by atoms with Crippen LogP contribution in [0, 0.1) is 18.3 Å². The summed E-state index contributed by atoms with van der Waals surface area (Å²) in [5.41, 5.74) is 4.12. The maximum Gasteiger partial charge on any atom is 0.0995 e. The van der Waals surface area contributed by atoms with Gasteiger partial charge in [-0.3, -0.25) is 0 Å². The van der Waals surface area contributed by atoms with Gasteiger partial charge in [-0.25, -0.2) is 0 Å². The molecule has 0 saturated carbocycles. The highest BCUT2D eigenvalue weighted by atomic mass is 14.7. The van der Waals surface area contributed by atoms with Crippen LogP contribution in [0.2, 0.25) is 0 Å². The summed E-state index contributed by atoms with van der Waals surface area (Å²) < 4.78 is 0. The Morgan fingerprint density at radius 2 is 2.21 bits per heavy atom. The number of aryl methyl sites for hydroxylation is 2. The van der Waals surface area contributed by atoms with Crippen LogP contribution in [-0.2, 0) is 6.42 Å². The quantitative estimate of drug-likeness (QED) is 0.727. The van der Waals surface area contributed by atoms with Crippen LogP contribution in [0.4, 0.5) is 0 Å². The first-order valence-corrected chi connectivity index (χ1v) is 4.77. The zero-order chi connectivity index (χ0) is 10.1. The summed E-state index contributed by atoms with van der Waals surface area (Å²) in [5, 5.41) is 10.1. The van der Waals surface area contributed by atoms with Gasteiger partial charge < -0.3 is 4.98 Å². The lowest BCUT2D eigenvalue weighted by Crippen LogP contribution is -1.83. The Labute approximate surface area is 83.2 Å². The van der Waals surface area contributed by atoms with Crippen LogP contribution < -0.4 is 0 Å². The van der Waals surface area contributed by atoms with Crippen molar-refractivity contribution in [1.82, 2.24) is 4.98 Å². The molecule has 0 aliphatic rings. The number of rotatable bonds is 1. The topological polar surface area (TPSA) is 39.6 Å². The van der Waals surface area contributed by atoms with E-state index in [1.54, 1.807) is 0 Å². The molecule has 2 nitrogen and oxygen atoms in total. The van der Waals surface area contributed by atoms with Crippen molar-refractivity contribution >= 4 is 10.9 Å². The summed E-state index contributed by atoms with van der Waals surface area (Å²) in [6, 6.07) is 8.21. The van der Waals surface area contributed by atoms with Gasteiger partial charge in [0.15, 0.2) is 0 Å². The largest absolute Gasteiger partial charge is 0.358 e. The molecule has 0 spiro atoms. The van der Waals surface area contributed by atoms with E-state index in [1.165, 1.54) is 11.1 Å². The van der Waals surface area contributed by atoms with E-state index >= 15 is 0 Å². The number of aromatic amines is 1. The highest BCUT2D eigenvalue weighted by Crippen LogP contribution is 2.22. The van der Waals surface area contributed by atoms with Gasteiger partial charge in [0.1, 0.15) is 0 Å². The van der Waals surface area contributed by atoms with Gasteiger partial charge in [0, 0.05) is 16.6 Å². The predicted octanol–water partition coefficient (Wildman–Crippen LogP) is 2.91. The van der Waals surface area contributed by atoms with E-state index in [0.29, 0.717) is 0 Å². The Balaban J connectivity index is 2.76. The number of nitriles is 1. The van der Waals surface area contributed by atoms with Gasteiger partial charge in [-0.1, -0.05) is 13.0 Å². The van der Waals surface area contributed by atoms with E-state index in [2.05, 4.69) is 24.0 Å². The average molecular weight is 184 g/mol. The minimum Gasteiger partial charge on any atom is -0.358 e. The van der Waals surface area contributed by atoms with Crippen molar-refractivity contribution in [2.75, 3.05) is 0 Å². The van der Waals surface area contributed by atoms with E-state index in [4.69, 9.17) is 5.26 Å². The smallest absolute Gasteiger partial charge is 0.0995 e. The molecule has 1 heterocycles. The molecule has 1 aromatic carbocycles. The SMILES string of the molecule is CCc1cc2ccc(C#N)c(C)c2[nH]1. The molecule has 0 radical (unpaired) electrons. The lowest BCUT2D eigenvalue weighted by atomic mass is 10.1. The Bertz CT molecular complexity index is 515. The number of fused-ring (bicyclic) bond motifs is 1. The first-order chi connectivity index (χ1) is 6.76. The highest BCUT2D eigenvalue weighted by Gasteiger charge is 2.05. The van der Waals surface area contributed by atoms with Crippen LogP contribution in [-0.4, -0.2) is 4.98 Å². The van der Waals surface area contributed by atoms with Crippen molar-refractivity contribution in [2.45, 2.75) is 20.3 Å². The van der Waals surface area contributed by atoms with E-state index in [9.17, 15) is 0 Å². The molecule has 2 rings (SSSR count). The molecule has 0 aliphatic carbocycles. The van der Waals surface area contributed by atoms with Crippen LogP contribution in [0.1, 0.15) is 23.7 Å². The summed E-state index contributed by atoms with van der Waals surface area (Å²) in [5.74, 6) is 0. The third-order valence-electron chi connectivity index (χ3n) is 2.61. The third-order valence-corrected chi connectivity index (χ3v) is 2.61. The lowest BCUT2D eigenvalue weighted by molar-refractivity contribution is 1.07. The number of H-pyrrole nitrogens is 1. The zero-order valence-electron chi connectivity index (χ0n) is 8.39. The van der Waals surface area contributed by atoms with Crippen molar-refractivity contribution < 1.29 is 0 Å². The summed E-state index contributed by atoms with van der Waals surface area (Å²) in [6.45, 7) is 4.10. The van der Waals surface area contributed by atoms with Gasteiger partial charge in [-0.2, -0.15) is 5.26 Å². The molecular formula is C12H12N2. The predicted molar refractivity (Wildman–Crippen MR) is 57.1 cm³/mol. The van der Waals surface area contributed by atoms with E-state index in [-0.39, 0.29) is 0 Å². The summed E-state index contributed by atoms with van der Waals surface area (Å²) in [4.78, 5) is 3.34. The summed E-state index contributed by atoms with van der Waals surface area (Å²) in [7, 11) is 0. The van der Waals surface area contributed by atoms with E-state index in [1.807, 2.05) is 19.1 Å². The standard InChI is InChI=1S/C12H12N2/c1-3-11-6-9-4-5-10(7-13)8(2)12(9)14-11/h4-6,14H,3H2,1-2H3. The minimum absolute atomic E-state index is 0.752. The molecule has 0 fully saturated rings. The van der Waals surface area contributed by atoms with Gasteiger partial charge in [-0.15, -0.1) is 0 Å². The van der Waals surface area contributed by atoms with Crippen LogP contribution in [0.25, 0.3) is 10.9 Å². The second-order valence-corrected chi connectivity index (χ2v) is 3.46. The second-order valence-electron chi connectivity index (χ2n) is 3.46. The van der Waals surface area contributed by atoms with Crippen LogP contribution in [0.3, 0.4) is 0 Å². The molecule has 2 heteroatoms. The number of benzene rings is 1. The third kappa shape index (κ3) is 1.18. The van der Waals surface area contributed by atoms with Gasteiger partial charge in [0.05, 0.1) is 11.6 Å². The molecule has 0 amide bonds. The molecular weight excluding hydrogens is 172 g/mol. The minimum atomic E-state index is 0.752. The summed E-state index contributed by atoms with van der Waals surface area (Å²) >= 11 is 0. The Morgan fingerprint density at radius 3 is 2.86 bits per heavy atom. The first-order valence-electron chi connectivity index (χ1n) is 4.77. The molecule has 14 heavy (non-hydrogen) atoms. The van der Waals surface area contributed by atoms with Crippen LogP contribution in [0.15, 0.2) is 18.2 Å². The molecule has 0 saturated heterocycles. The number of aromatic nitrogens is 1. The molecule has 0 bridgehead atoms. The fraction of sp³-hybridized carbons (Fsp3) is 0.250. The van der Waals surface area contributed by atoms with Gasteiger partial charge in [0.25, 0.3) is 0 Å². The normalized spacial score (nSPS) is 10.4. The number of nitrogens with zero attached hydrogens (tertiary/aromatic N) is 1. The van der Waals surface area contributed by atoms with Crippen molar-refractivity contribution in [3.63, 3.8) is 0 Å². The molecule has 0 atom stereocenters. The Morgan fingerprint density at radius 1 is 1.43 bits per heavy atom. The van der Waals surface area contributed by atoms with E-state index in [0.717, 1.165) is 23.1 Å². The van der Waals surface area contributed by atoms with Crippen molar-refractivity contribution in [2.24, 2.45) is 0 Å². The number of hydrogen-bond acceptors (Lipinski definition) is 1. The second kappa shape index (κ2) is 3.19. The monoisotopic (exact) mass is 184 g/mol. The van der Waals surface area contributed by atoms with Crippen molar-refractivity contribution in [3.8, 4) is 6.07 Å². The molecule has 0 unspecified atom stereocenters.